The van der Waals surface area contributed by atoms with E-state index in [0.29, 0.717) is 5.92 Å². The van der Waals surface area contributed by atoms with Gasteiger partial charge in [-0.3, -0.25) is 0 Å². The van der Waals surface area contributed by atoms with Crippen LogP contribution in [0.15, 0.2) is 133 Å². The van der Waals surface area contributed by atoms with Crippen LogP contribution in [0.4, 0.5) is 34.1 Å². The highest BCUT2D eigenvalue weighted by Gasteiger charge is 2.44. The first-order valence-electron chi connectivity index (χ1n) is 15.9. The van der Waals surface area contributed by atoms with Crippen molar-refractivity contribution in [2.45, 2.75) is 38.0 Å². The second kappa shape index (κ2) is 9.92. The highest BCUT2D eigenvalue weighted by Crippen LogP contribution is 2.47. The summed E-state index contributed by atoms with van der Waals surface area (Å²) in [6.07, 6.45) is 6.54. The van der Waals surface area contributed by atoms with Gasteiger partial charge in [0.25, 0.3) is 6.71 Å². The minimum atomic E-state index is 0.154. The van der Waals surface area contributed by atoms with Crippen LogP contribution in [-0.4, -0.2) is 6.71 Å². The Labute approximate surface area is 254 Å². The van der Waals surface area contributed by atoms with Crippen molar-refractivity contribution in [1.82, 2.24) is 0 Å². The van der Waals surface area contributed by atoms with Crippen LogP contribution >= 0.6 is 0 Å². The molecule has 2 nitrogen and oxygen atoms in total. The van der Waals surface area contributed by atoms with E-state index < -0.39 is 0 Å². The number of fused-ring (bicyclic) bond motifs is 6. The van der Waals surface area contributed by atoms with Gasteiger partial charge in [0.2, 0.25) is 0 Å². The number of benzene rings is 6. The fourth-order valence-corrected chi connectivity index (χ4v) is 8.10. The number of nitrogens with zero attached hydrogens (tertiary/aromatic N) is 2. The fraction of sp³-hybridized carbons (Fsp3) is 0.150. The first kappa shape index (κ1) is 24.8. The Morgan fingerprint density at radius 3 is 1.91 bits per heavy atom. The topological polar surface area (TPSA) is 6.48 Å². The first-order chi connectivity index (χ1) is 21.4. The van der Waals surface area contributed by atoms with Gasteiger partial charge in [0.15, 0.2) is 0 Å². The molecular weight excluding hydrogens is 519 g/mol. The summed E-state index contributed by atoms with van der Waals surface area (Å²) in [4.78, 5) is 5.11. The van der Waals surface area contributed by atoms with Crippen LogP contribution in [-0.2, 0) is 0 Å². The van der Waals surface area contributed by atoms with Gasteiger partial charge in [-0.15, -0.1) is 0 Å². The van der Waals surface area contributed by atoms with Gasteiger partial charge in [-0.2, -0.15) is 0 Å². The summed E-state index contributed by atoms with van der Waals surface area (Å²) in [5.41, 5.74) is 13.3. The van der Waals surface area contributed by atoms with Crippen molar-refractivity contribution in [3.05, 3.63) is 139 Å². The maximum atomic E-state index is 2.58. The quantitative estimate of drug-likeness (QED) is 0.202. The molecule has 206 valence electrons. The lowest BCUT2D eigenvalue weighted by Gasteiger charge is -2.45. The molecule has 1 aliphatic carbocycles. The lowest BCUT2D eigenvalue weighted by Crippen LogP contribution is -2.61. The van der Waals surface area contributed by atoms with E-state index in [0.717, 1.165) is 0 Å². The van der Waals surface area contributed by atoms with Crippen molar-refractivity contribution in [2.24, 2.45) is 0 Å². The average Bonchev–Trinajstić information content (AvgIpc) is 3.09. The van der Waals surface area contributed by atoms with E-state index in [2.05, 4.69) is 143 Å². The molecule has 2 aliphatic heterocycles. The molecule has 6 aromatic carbocycles. The number of anilines is 6. The molecule has 0 N–H and O–H groups in total. The van der Waals surface area contributed by atoms with Crippen molar-refractivity contribution in [3.8, 4) is 0 Å². The number of hydrogen-bond donors (Lipinski definition) is 0. The predicted molar refractivity (Wildman–Crippen MR) is 184 cm³/mol. The van der Waals surface area contributed by atoms with Crippen molar-refractivity contribution < 1.29 is 0 Å². The smallest absolute Gasteiger partial charge is 0.252 e. The molecule has 0 aromatic heterocycles. The molecule has 0 bridgehead atoms. The summed E-state index contributed by atoms with van der Waals surface area (Å²) in [5, 5.41) is 2.59. The molecular formula is C40H33BN2. The summed E-state index contributed by atoms with van der Waals surface area (Å²) in [5.74, 6) is 0.593. The Morgan fingerprint density at radius 1 is 0.512 bits per heavy atom. The highest BCUT2D eigenvalue weighted by molar-refractivity contribution is 7.00. The van der Waals surface area contributed by atoms with E-state index >= 15 is 0 Å². The summed E-state index contributed by atoms with van der Waals surface area (Å²) >= 11 is 0. The molecule has 6 aromatic rings. The molecule has 9 rings (SSSR count). The van der Waals surface area contributed by atoms with Crippen molar-refractivity contribution in [1.29, 1.82) is 0 Å². The van der Waals surface area contributed by atoms with E-state index in [9.17, 15) is 0 Å². The molecule has 43 heavy (non-hydrogen) atoms. The largest absolute Gasteiger partial charge is 0.311 e. The second-order valence-electron chi connectivity index (χ2n) is 12.4. The van der Waals surface area contributed by atoms with Crippen LogP contribution in [0.2, 0.25) is 0 Å². The monoisotopic (exact) mass is 552 g/mol. The Bertz CT molecular complexity index is 1980. The van der Waals surface area contributed by atoms with Crippen LogP contribution in [0, 0.1) is 0 Å². The molecule has 0 unspecified atom stereocenters. The SMILES string of the molecule is c1ccc(N2c3ccccc3B3c4ccc5ccccc5c4N(c4ccccc4)c4cc(C5CCCCC5)cc2c43)cc1. The molecule has 0 radical (unpaired) electrons. The second-order valence-corrected chi connectivity index (χ2v) is 12.4. The van der Waals surface area contributed by atoms with Gasteiger partial charge in [0.05, 0.1) is 0 Å². The van der Waals surface area contributed by atoms with Crippen LogP contribution in [0.1, 0.15) is 43.6 Å². The third kappa shape index (κ3) is 3.81. The summed E-state index contributed by atoms with van der Waals surface area (Å²) in [7, 11) is 0. The Hall–Kier alpha value is -4.76. The molecule has 0 atom stereocenters. The summed E-state index contributed by atoms with van der Waals surface area (Å²) < 4.78 is 0. The molecule has 3 heteroatoms. The molecule has 0 saturated heterocycles. The van der Waals surface area contributed by atoms with Crippen molar-refractivity contribution in [3.63, 3.8) is 0 Å². The molecule has 0 spiro atoms. The van der Waals surface area contributed by atoms with Crippen LogP contribution in [0.3, 0.4) is 0 Å². The maximum absolute atomic E-state index is 2.58. The maximum Gasteiger partial charge on any atom is 0.252 e. The van der Waals surface area contributed by atoms with Gasteiger partial charge in [-0.1, -0.05) is 110 Å². The van der Waals surface area contributed by atoms with Gasteiger partial charge in [-0.25, -0.2) is 0 Å². The number of hydrogen-bond acceptors (Lipinski definition) is 2. The van der Waals surface area contributed by atoms with E-state index in [1.165, 1.54) is 99.0 Å². The van der Waals surface area contributed by atoms with Gasteiger partial charge >= 0.3 is 0 Å². The first-order valence-corrected chi connectivity index (χ1v) is 15.9. The Kier molecular flexibility index (Phi) is 5.72. The molecule has 1 saturated carbocycles. The number of rotatable bonds is 3. The fourth-order valence-electron chi connectivity index (χ4n) is 8.10. The normalized spacial score (nSPS) is 15.7. The summed E-state index contributed by atoms with van der Waals surface area (Å²) in [6, 6.07) is 49.9. The zero-order valence-electron chi connectivity index (χ0n) is 24.3. The standard InChI is InChI=1S/C40H33BN2/c1-4-14-28(15-5-1)30-26-37-39-38(27-30)43(32-19-8-3-9-20-32)40-33-21-11-10-16-29(33)24-25-35(40)41(39)34-22-12-13-23-36(34)42(37)31-17-6-2-7-18-31/h2-3,6-13,16-28H,1,4-5,14-15H2. The third-order valence-corrected chi connectivity index (χ3v) is 9.99. The Balaban J connectivity index is 1.42. The zero-order valence-corrected chi connectivity index (χ0v) is 24.3. The minimum absolute atomic E-state index is 0.154. The predicted octanol–water partition coefficient (Wildman–Crippen LogP) is 8.97. The van der Waals surface area contributed by atoms with E-state index in [1.807, 2.05) is 0 Å². The van der Waals surface area contributed by atoms with Crippen LogP contribution in [0.5, 0.6) is 0 Å². The van der Waals surface area contributed by atoms with E-state index in [1.54, 1.807) is 0 Å². The molecule has 3 aliphatic rings. The lowest BCUT2D eigenvalue weighted by atomic mass is 9.33. The molecule has 0 amide bonds. The van der Waals surface area contributed by atoms with Crippen LogP contribution < -0.4 is 26.2 Å². The average molecular weight is 553 g/mol. The van der Waals surface area contributed by atoms with Crippen LogP contribution in [0.25, 0.3) is 10.8 Å². The van der Waals surface area contributed by atoms with Gasteiger partial charge in [0.1, 0.15) is 0 Å². The van der Waals surface area contributed by atoms with Gasteiger partial charge in [-0.05, 0) is 88.6 Å². The van der Waals surface area contributed by atoms with Crippen molar-refractivity contribution in [2.75, 3.05) is 9.80 Å². The Morgan fingerprint density at radius 2 is 1.14 bits per heavy atom. The minimum Gasteiger partial charge on any atom is -0.311 e. The highest BCUT2D eigenvalue weighted by atomic mass is 15.2. The lowest BCUT2D eigenvalue weighted by molar-refractivity contribution is 0.444. The van der Waals surface area contributed by atoms with Crippen molar-refractivity contribution >= 4 is 68.0 Å². The van der Waals surface area contributed by atoms with Gasteiger partial charge < -0.3 is 9.80 Å². The summed E-state index contributed by atoms with van der Waals surface area (Å²) in [6.45, 7) is 0.154. The van der Waals surface area contributed by atoms with E-state index in [-0.39, 0.29) is 6.71 Å². The number of para-hydroxylation sites is 3. The van der Waals surface area contributed by atoms with E-state index in [4.69, 9.17) is 0 Å². The molecule has 1 fully saturated rings. The molecule has 2 heterocycles. The zero-order chi connectivity index (χ0) is 28.3. The van der Waals surface area contributed by atoms with Gasteiger partial charge in [0, 0.05) is 39.5 Å². The third-order valence-electron chi connectivity index (χ3n) is 9.99.